The van der Waals surface area contributed by atoms with E-state index in [2.05, 4.69) is 217 Å². The van der Waals surface area contributed by atoms with Crippen LogP contribution in [0.4, 0.5) is 17.1 Å². The van der Waals surface area contributed by atoms with Gasteiger partial charge in [0, 0.05) is 38.9 Å². The second-order valence-corrected chi connectivity index (χ2v) is 15.4. The van der Waals surface area contributed by atoms with Gasteiger partial charge in [0.15, 0.2) is 0 Å². The van der Waals surface area contributed by atoms with Gasteiger partial charge in [0.2, 0.25) is 0 Å². The van der Waals surface area contributed by atoms with Crippen LogP contribution in [0.3, 0.4) is 0 Å². The van der Waals surface area contributed by atoms with E-state index < -0.39 is 0 Å². The maximum absolute atomic E-state index is 2.44. The van der Waals surface area contributed by atoms with Crippen molar-refractivity contribution < 1.29 is 0 Å². The first kappa shape index (κ1) is 31.6. The van der Waals surface area contributed by atoms with Gasteiger partial charge in [0.25, 0.3) is 0 Å². The van der Waals surface area contributed by atoms with Crippen LogP contribution in [0.2, 0.25) is 0 Å². The maximum Gasteiger partial charge on any atom is 0.0541 e. The number of benzene rings is 9. The topological polar surface area (TPSA) is 8.17 Å². The summed E-state index contributed by atoms with van der Waals surface area (Å²) in [4.78, 5) is 2.44. The summed E-state index contributed by atoms with van der Waals surface area (Å²) in [5.41, 5.74) is 14.7. The van der Waals surface area contributed by atoms with E-state index in [4.69, 9.17) is 0 Å². The van der Waals surface area contributed by atoms with Gasteiger partial charge in [0.1, 0.15) is 0 Å². The largest absolute Gasteiger partial charge is 0.310 e. The normalized spacial score (nSPS) is 13.1. The monoisotopic (exact) mass is 702 g/mol. The molecule has 0 N–H and O–H groups in total. The predicted molar refractivity (Wildman–Crippen MR) is 233 cm³/mol. The lowest BCUT2D eigenvalue weighted by Crippen LogP contribution is -2.16. The molecule has 55 heavy (non-hydrogen) atoms. The molecule has 9 aromatic carbocycles. The Morgan fingerprint density at radius 2 is 0.982 bits per heavy atom. The molecule has 0 unspecified atom stereocenters. The van der Waals surface area contributed by atoms with Crippen LogP contribution in [-0.4, -0.2) is 4.57 Å². The molecule has 0 aliphatic heterocycles. The molecule has 0 atom stereocenters. The first-order chi connectivity index (χ1) is 27.0. The van der Waals surface area contributed by atoms with Gasteiger partial charge in [-0.3, -0.25) is 0 Å². The number of anilines is 3. The molecule has 1 aliphatic rings. The molecule has 0 saturated heterocycles. The zero-order valence-corrected chi connectivity index (χ0v) is 30.9. The number of hydrogen-bond acceptors (Lipinski definition) is 1. The molecule has 0 spiro atoms. The SMILES string of the molecule is CC1(C)c2ccccc2-c2ccc(N(c3cccc(-c4cc(-n5c6ccccc6c6ccccc65)cc5ccccc45)c3)c3ccc4ccccc4c3)cc21. The fraction of sp³-hybridized carbons (Fsp3) is 0.0566. The molecular weight excluding hydrogens is 665 g/mol. The van der Waals surface area contributed by atoms with Gasteiger partial charge >= 0.3 is 0 Å². The van der Waals surface area contributed by atoms with Crippen LogP contribution in [0.1, 0.15) is 25.0 Å². The van der Waals surface area contributed by atoms with Crippen LogP contribution in [0, 0.1) is 0 Å². The molecule has 0 radical (unpaired) electrons. The predicted octanol–water partition coefficient (Wildman–Crippen LogP) is 14.5. The minimum Gasteiger partial charge on any atom is -0.310 e. The summed E-state index contributed by atoms with van der Waals surface area (Å²) in [6.45, 7) is 4.72. The van der Waals surface area contributed by atoms with Crippen LogP contribution in [-0.2, 0) is 5.41 Å². The molecule has 0 saturated carbocycles. The van der Waals surface area contributed by atoms with Crippen molar-refractivity contribution in [2.24, 2.45) is 0 Å². The van der Waals surface area contributed by atoms with E-state index in [9.17, 15) is 0 Å². The molecule has 10 aromatic rings. The Morgan fingerprint density at radius 3 is 1.78 bits per heavy atom. The summed E-state index contributed by atoms with van der Waals surface area (Å²) in [7, 11) is 0. The van der Waals surface area contributed by atoms with Crippen LogP contribution < -0.4 is 4.90 Å². The highest BCUT2D eigenvalue weighted by Crippen LogP contribution is 2.51. The Kier molecular flexibility index (Phi) is 6.93. The van der Waals surface area contributed by atoms with E-state index in [1.165, 1.54) is 76.7 Å². The summed E-state index contributed by atoms with van der Waals surface area (Å²) in [6, 6.07) is 71.6. The molecule has 2 nitrogen and oxygen atoms in total. The summed E-state index contributed by atoms with van der Waals surface area (Å²) in [6.07, 6.45) is 0. The Morgan fingerprint density at radius 1 is 0.382 bits per heavy atom. The quantitative estimate of drug-likeness (QED) is 0.173. The Hall–Kier alpha value is -6.90. The Balaban J connectivity index is 1.12. The average molecular weight is 703 g/mol. The average Bonchev–Trinajstić information content (AvgIpc) is 3.69. The lowest BCUT2D eigenvalue weighted by Gasteiger charge is -2.29. The van der Waals surface area contributed by atoms with Crippen molar-refractivity contribution in [1.29, 1.82) is 0 Å². The highest BCUT2D eigenvalue weighted by molar-refractivity contribution is 6.10. The highest BCUT2D eigenvalue weighted by atomic mass is 15.1. The minimum absolute atomic E-state index is 0.106. The van der Waals surface area contributed by atoms with Crippen molar-refractivity contribution in [2.45, 2.75) is 19.3 Å². The summed E-state index contributed by atoms with van der Waals surface area (Å²) < 4.78 is 2.43. The molecule has 1 aliphatic carbocycles. The molecule has 0 amide bonds. The molecule has 11 rings (SSSR count). The molecular formula is C53H38N2. The number of aromatic nitrogens is 1. The van der Waals surface area contributed by atoms with E-state index in [-0.39, 0.29) is 5.41 Å². The molecule has 1 aromatic heterocycles. The second-order valence-electron chi connectivity index (χ2n) is 15.4. The van der Waals surface area contributed by atoms with Gasteiger partial charge in [-0.2, -0.15) is 0 Å². The number of rotatable bonds is 5. The third kappa shape index (κ3) is 4.88. The smallest absolute Gasteiger partial charge is 0.0541 e. The number of nitrogens with zero attached hydrogens (tertiary/aromatic N) is 2. The standard InChI is InChI=1S/C53H38N2/c1-53(2)49-23-10-7-20-44(49)45-29-28-41(34-50(45)53)54(40-27-26-35-14-3-4-15-36(35)30-40)39-18-13-17-38(31-39)48-33-42(32-37-16-5-6-19-43(37)48)55-51-24-11-8-21-46(51)47-22-9-12-25-52(47)55/h3-34H,1-2H3. The third-order valence-electron chi connectivity index (χ3n) is 11.9. The zero-order chi connectivity index (χ0) is 36.7. The summed E-state index contributed by atoms with van der Waals surface area (Å²) in [5.74, 6) is 0. The summed E-state index contributed by atoms with van der Waals surface area (Å²) >= 11 is 0. The Labute approximate surface area is 321 Å². The van der Waals surface area contributed by atoms with E-state index >= 15 is 0 Å². The molecule has 260 valence electrons. The van der Waals surface area contributed by atoms with Gasteiger partial charge in [-0.1, -0.05) is 147 Å². The van der Waals surface area contributed by atoms with Crippen LogP contribution in [0.15, 0.2) is 194 Å². The first-order valence-corrected chi connectivity index (χ1v) is 19.2. The molecule has 0 fully saturated rings. The van der Waals surface area contributed by atoms with Gasteiger partial charge < -0.3 is 9.47 Å². The van der Waals surface area contributed by atoms with E-state index in [0.717, 1.165) is 22.7 Å². The molecule has 2 heteroatoms. The zero-order valence-electron chi connectivity index (χ0n) is 30.9. The number of para-hydroxylation sites is 2. The summed E-state index contributed by atoms with van der Waals surface area (Å²) in [5, 5.41) is 7.44. The van der Waals surface area contributed by atoms with Crippen molar-refractivity contribution >= 4 is 60.4 Å². The molecule has 0 bridgehead atoms. The van der Waals surface area contributed by atoms with Crippen LogP contribution in [0.25, 0.3) is 71.3 Å². The Bertz CT molecular complexity index is 3090. The van der Waals surface area contributed by atoms with E-state index in [1.807, 2.05) is 0 Å². The number of hydrogen-bond donors (Lipinski definition) is 0. The van der Waals surface area contributed by atoms with Crippen molar-refractivity contribution in [1.82, 2.24) is 4.57 Å². The molecule has 1 heterocycles. The van der Waals surface area contributed by atoms with Crippen molar-refractivity contribution in [3.63, 3.8) is 0 Å². The van der Waals surface area contributed by atoms with E-state index in [0.29, 0.717) is 0 Å². The van der Waals surface area contributed by atoms with Gasteiger partial charge in [-0.05, 0) is 116 Å². The lowest BCUT2D eigenvalue weighted by molar-refractivity contribution is 0.660. The first-order valence-electron chi connectivity index (χ1n) is 19.2. The minimum atomic E-state index is -0.106. The van der Waals surface area contributed by atoms with Crippen LogP contribution >= 0.6 is 0 Å². The van der Waals surface area contributed by atoms with Gasteiger partial charge in [-0.25, -0.2) is 0 Å². The van der Waals surface area contributed by atoms with Gasteiger partial charge in [0.05, 0.1) is 11.0 Å². The number of fused-ring (bicyclic) bond motifs is 8. The second kappa shape index (κ2) is 12.1. The highest BCUT2D eigenvalue weighted by Gasteiger charge is 2.35. The van der Waals surface area contributed by atoms with Crippen LogP contribution in [0.5, 0.6) is 0 Å². The fourth-order valence-electron chi connectivity index (χ4n) is 9.27. The lowest BCUT2D eigenvalue weighted by atomic mass is 9.82. The maximum atomic E-state index is 2.44. The van der Waals surface area contributed by atoms with Crippen molar-refractivity contribution in [3.8, 4) is 27.9 Å². The van der Waals surface area contributed by atoms with Crippen molar-refractivity contribution in [2.75, 3.05) is 4.90 Å². The van der Waals surface area contributed by atoms with Gasteiger partial charge in [-0.15, -0.1) is 0 Å². The fourth-order valence-corrected chi connectivity index (χ4v) is 9.27. The van der Waals surface area contributed by atoms with E-state index in [1.54, 1.807) is 0 Å². The third-order valence-corrected chi connectivity index (χ3v) is 11.9. The van der Waals surface area contributed by atoms with Crippen molar-refractivity contribution in [3.05, 3.63) is 205 Å².